The second-order valence-electron chi connectivity index (χ2n) is 7.18. The SMILES string of the molecule is C1=C\C=C2\CCC3C(CCC4CCCCC43)\C2=C\C=C/1. The summed E-state index contributed by atoms with van der Waals surface area (Å²) in [5.41, 5.74) is 3.31. The second kappa shape index (κ2) is 5.39. The minimum Gasteiger partial charge on any atom is -0.0623 e. The van der Waals surface area contributed by atoms with Gasteiger partial charge in [0.25, 0.3) is 0 Å². The smallest absolute Gasteiger partial charge is 0.0128 e. The zero-order chi connectivity index (χ0) is 13.4. The van der Waals surface area contributed by atoms with Gasteiger partial charge < -0.3 is 0 Å². The third-order valence-electron chi connectivity index (χ3n) is 6.31. The first kappa shape index (κ1) is 12.7. The summed E-state index contributed by atoms with van der Waals surface area (Å²) in [5, 5.41) is 0. The molecule has 106 valence electrons. The van der Waals surface area contributed by atoms with E-state index in [1.54, 1.807) is 11.1 Å². The predicted octanol–water partition coefficient (Wildman–Crippen LogP) is 5.59. The van der Waals surface area contributed by atoms with Gasteiger partial charge in [-0.15, -0.1) is 0 Å². The molecule has 4 aliphatic rings. The quantitative estimate of drug-likeness (QED) is 0.536. The Morgan fingerprint density at radius 2 is 1.55 bits per heavy atom. The van der Waals surface area contributed by atoms with E-state index in [4.69, 9.17) is 0 Å². The zero-order valence-electron chi connectivity index (χ0n) is 12.4. The molecule has 20 heavy (non-hydrogen) atoms. The molecule has 4 rings (SSSR count). The normalized spacial score (nSPS) is 48.0. The molecule has 0 bridgehead atoms. The van der Waals surface area contributed by atoms with Gasteiger partial charge in [-0.25, -0.2) is 0 Å². The minimum atomic E-state index is 0.866. The van der Waals surface area contributed by atoms with E-state index in [2.05, 4.69) is 36.5 Å². The fraction of sp³-hybridized carbons (Fsp3) is 0.600. The van der Waals surface area contributed by atoms with Crippen LogP contribution in [-0.2, 0) is 0 Å². The highest BCUT2D eigenvalue weighted by Crippen LogP contribution is 2.54. The number of allylic oxidation sites excluding steroid dienone is 8. The van der Waals surface area contributed by atoms with Gasteiger partial charge in [-0.1, -0.05) is 55.7 Å². The lowest BCUT2D eigenvalue weighted by Gasteiger charge is -2.49. The monoisotopic (exact) mass is 266 g/mol. The van der Waals surface area contributed by atoms with E-state index in [9.17, 15) is 0 Å². The lowest BCUT2D eigenvalue weighted by molar-refractivity contribution is 0.0577. The third-order valence-corrected chi connectivity index (χ3v) is 6.31. The van der Waals surface area contributed by atoms with Crippen molar-refractivity contribution in [3.8, 4) is 0 Å². The van der Waals surface area contributed by atoms with Crippen LogP contribution in [0.15, 0.2) is 47.6 Å². The van der Waals surface area contributed by atoms with Crippen molar-refractivity contribution in [1.29, 1.82) is 0 Å². The van der Waals surface area contributed by atoms with Crippen LogP contribution in [0.1, 0.15) is 51.4 Å². The first-order valence-electron chi connectivity index (χ1n) is 8.68. The summed E-state index contributed by atoms with van der Waals surface area (Å²) in [7, 11) is 0. The average molecular weight is 266 g/mol. The van der Waals surface area contributed by atoms with E-state index in [0.717, 1.165) is 23.7 Å². The first-order valence-corrected chi connectivity index (χ1v) is 8.68. The lowest BCUT2D eigenvalue weighted by Crippen LogP contribution is -2.39. The molecular weight excluding hydrogens is 240 g/mol. The van der Waals surface area contributed by atoms with Crippen LogP contribution in [0.4, 0.5) is 0 Å². The van der Waals surface area contributed by atoms with Crippen LogP contribution in [0.25, 0.3) is 0 Å². The Kier molecular flexibility index (Phi) is 3.42. The maximum Gasteiger partial charge on any atom is -0.0128 e. The molecule has 3 saturated carbocycles. The fourth-order valence-electron chi connectivity index (χ4n) is 5.44. The lowest BCUT2D eigenvalue weighted by atomic mass is 9.56. The number of hydrogen-bond acceptors (Lipinski definition) is 0. The van der Waals surface area contributed by atoms with E-state index >= 15 is 0 Å². The molecule has 0 aromatic carbocycles. The first-order chi connectivity index (χ1) is 9.93. The van der Waals surface area contributed by atoms with E-state index in [1.807, 2.05) is 0 Å². The Morgan fingerprint density at radius 3 is 2.50 bits per heavy atom. The van der Waals surface area contributed by atoms with Gasteiger partial charge in [0.2, 0.25) is 0 Å². The van der Waals surface area contributed by atoms with Crippen molar-refractivity contribution in [2.45, 2.75) is 51.4 Å². The van der Waals surface area contributed by atoms with Gasteiger partial charge in [-0.3, -0.25) is 0 Å². The fourth-order valence-corrected chi connectivity index (χ4v) is 5.44. The van der Waals surface area contributed by atoms with Crippen molar-refractivity contribution >= 4 is 0 Å². The van der Waals surface area contributed by atoms with Crippen molar-refractivity contribution in [1.82, 2.24) is 0 Å². The molecule has 4 atom stereocenters. The molecule has 4 aliphatic carbocycles. The molecule has 0 radical (unpaired) electrons. The second-order valence-corrected chi connectivity index (χ2v) is 7.18. The Morgan fingerprint density at radius 1 is 0.700 bits per heavy atom. The van der Waals surface area contributed by atoms with Crippen LogP contribution >= 0.6 is 0 Å². The van der Waals surface area contributed by atoms with E-state index in [1.165, 1.54) is 51.4 Å². The Hall–Kier alpha value is -1.04. The maximum atomic E-state index is 2.43. The summed E-state index contributed by atoms with van der Waals surface area (Å²) >= 11 is 0. The van der Waals surface area contributed by atoms with Crippen LogP contribution in [0.2, 0.25) is 0 Å². The number of hydrogen-bond donors (Lipinski definition) is 0. The van der Waals surface area contributed by atoms with Gasteiger partial charge in [-0.2, -0.15) is 0 Å². The van der Waals surface area contributed by atoms with Crippen LogP contribution in [0.5, 0.6) is 0 Å². The average Bonchev–Trinajstić information content (AvgIpc) is 2.47. The summed E-state index contributed by atoms with van der Waals surface area (Å²) in [6.07, 6.45) is 25.4. The topological polar surface area (TPSA) is 0 Å². The molecule has 0 nitrogen and oxygen atoms in total. The van der Waals surface area contributed by atoms with Crippen LogP contribution in [0.3, 0.4) is 0 Å². The zero-order valence-corrected chi connectivity index (χ0v) is 12.4. The summed E-state index contributed by atoms with van der Waals surface area (Å²) in [6, 6.07) is 0. The Bertz CT molecular complexity index is 488. The van der Waals surface area contributed by atoms with Gasteiger partial charge in [0.05, 0.1) is 0 Å². The minimum absolute atomic E-state index is 0.866. The number of rotatable bonds is 0. The predicted molar refractivity (Wildman–Crippen MR) is 85.3 cm³/mol. The molecule has 3 fully saturated rings. The molecule has 0 heteroatoms. The van der Waals surface area contributed by atoms with Crippen LogP contribution < -0.4 is 0 Å². The summed E-state index contributed by atoms with van der Waals surface area (Å²) in [4.78, 5) is 0. The molecule has 0 aliphatic heterocycles. The van der Waals surface area contributed by atoms with Crippen LogP contribution in [-0.4, -0.2) is 0 Å². The van der Waals surface area contributed by atoms with Crippen molar-refractivity contribution in [2.75, 3.05) is 0 Å². The molecular formula is C20H26. The van der Waals surface area contributed by atoms with Gasteiger partial charge >= 0.3 is 0 Å². The molecule has 0 N–H and O–H groups in total. The highest BCUT2D eigenvalue weighted by molar-refractivity contribution is 5.42. The maximum absolute atomic E-state index is 2.43. The van der Waals surface area contributed by atoms with E-state index in [-0.39, 0.29) is 0 Å². The molecule has 0 heterocycles. The Labute approximate surface area is 123 Å². The van der Waals surface area contributed by atoms with Crippen molar-refractivity contribution < 1.29 is 0 Å². The summed E-state index contributed by atoms with van der Waals surface area (Å²) in [5.74, 6) is 3.98. The van der Waals surface area contributed by atoms with E-state index in [0.29, 0.717) is 0 Å². The molecule has 4 unspecified atom stereocenters. The highest BCUT2D eigenvalue weighted by Gasteiger charge is 2.43. The van der Waals surface area contributed by atoms with Gasteiger partial charge in [0.15, 0.2) is 0 Å². The third kappa shape index (κ3) is 2.14. The van der Waals surface area contributed by atoms with Gasteiger partial charge in [0.1, 0.15) is 0 Å². The molecule has 0 spiro atoms. The van der Waals surface area contributed by atoms with Crippen molar-refractivity contribution in [3.63, 3.8) is 0 Å². The largest absolute Gasteiger partial charge is 0.0623 e. The number of fused-ring (bicyclic) bond motifs is 5. The molecule has 0 aromatic heterocycles. The van der Waals surface area contributed by atoms with Crippen LogP contribution in [0, 0.1) is 23.7 Å². The highest BCUT2D eigenvalue weighted by atomic mass is 14.5. The van der Waals surface area contributed by atoms with Crippen molar-refractivity contribution in [2.24, 2.45) is 23.7 Å². The van der Waals surface area contributed by atoms with Gasteiger partial charge in [-0.05, 0) is 66.9 Å². The summed E-state index contributed by atoms with van der Waals surface area (Å²) < 4.78 is 0. The summed E-state index contributed by atoms with van der Waals surface area (Å²) in [6.45, 7) is 0. The van der Waals surface area contributed by atoms with Crippen molar-refractivity contribution in [3.05, 3.63) is 47.6 Å². The standard InChI is InChI=1S/C20H26/c1-2-4-9-17-15(7-3-1)11-13-20-18-10-6-5-8-16(18)12-14-19(17)20/h1-4,7,9,16,18-20H,5-6,8,10-14H2/b2-1?,3-1-,4-2-,7-3?,9-4?,15-7-,17-9+. The molecule has 0 saturated heterocycles. The Balaban J connectivity index is 1.64. The molecule has 0 aromatic rings. The van der Waals surface area contributed by atoms with Gasteiger partial charge in [0, 0.05) is 0 Å². The molecule has 0 amide bonds. The van der Waals surface area contributed by atoms with E-state index < -0.39 is 0 Å².